The summed E-state index contributed by atoms with van der Waals surface area (Å²) >= 11 is 0. The van der Waals surface area contributed by atoms with Crippen LogP contribution in [0.3, 0.4) is 0 Å². The van der Waals surface area contributed by atoms with Gasteiger partial charge in [0.1, 0.15) is 0 Å². The maximum absolute atomic E-state index is 12.7. The first-order valence-electron chi connectivity index (χ1n) is 8.44. The monoisotopic (exact) mass is 320 g/mol. The molecule has 128 valence electrons. The second kappa shape index (κ2) is 8.77. The van der Waals surface area contributed by atoms with Crippen LogP contribution < -0.4 is 14.8 Å². The molecule has 1 saturated heterocycles. The minimum absolute atomic E-state index is 0.0819. The molecule has 0 bridgehead atoms. The summed E-state index contributed by atoms with van der Waals surface area (Å²) in [6.07, 6.45) is 3.36. The molecule has 0 aliphatic carbocycles. The van der Waals surface area contributed by atoms with Crippen LogP contribution in [0.2, 0.25) is 0 Å². The number of piperidine rings is 1. The van der Waals surface area contributed by atoms with Crippen LogP contribution >= 0.6 is 0 Å². The number of likely N-dealkylation sites (tertiary alicyclic amines) is 1. The topological polar surface area (TPSA) is 50.8 Å². The van der Waals surface area contributed by atoms with Gasteiger partial charge in [-0.25, -0.2) is 0 Å². The average Bonchev–Trinajstić information content (AvgIpc) is 2.60. The molecule has 23 heavy (non-hydrogen) atoms. The number of carbonyl (C=O) groups is 1. The van der Waals surface area contributed by atoms with Gasteiger partial charge in [-0.05, 0) is 63.9 Å². The molecule has 0 radical (unpaired) electrons. The van der Waals surface area contributed by atoms with E-state index in [9.17, 15) is 4.79 Å². The molecule has 0 spiro atoms. The Hall–Kier alpha value is -1.75. The molecule has 1 fully saturated rings. The Morgan fingerprint density at radius 2 is 2.04 bits per heavy atom. The highest BCUT2D eigenvalue weighted by Crippen LogP contribution is 2.29. The Balaban J connectivity index is 1.98. The summed E-state index contributed by atoms with van der Waals surface area (Å²) in [6.45, 7) is 5.22. The van der Waals surface area contributed by atoms with Crippen LogP contribution in [-0.4, -0.2) is 51.2 Å². The van der Waals surface area contributed by atoms with Gasteiger partial charge in [-0.15, -0.1) is 0 Å². The molecule has 1 N–H and O–H groups in total. The van der Waals surface area contributed by atoms with Crippen LogP contribution in [0.25, 0.3) is 0 Å². The predicted molar refractivity (Wildman–Crippen MR) is 91.3 cm³/mol. The van der Waals surface area contributed by atoms with E-state index in [1.165, 1.54) is 6.42 Å². The van der Waals surface area contributed by atoms with Crippen molar-refractivity contribution in [3.05, 3.63) is 23.8 Å². The fraction of sp³-hybridized carbons (Fsp3) is 0.611. The van der Waals surface area contributed by atoms with Crippen LogP contribution in [0.15, 0.2) is 18.2 Å². The van der Waals surface area contributed by atoms with E-state index in [4.69, 9.17) is 9.47 Å². The first-order valence-corrected chi connectivity index (χ1v) is 8.44. The Kier molecular flexibility index (Phi) is 6.71. The Morgan fingerprint density at radius 3 is 2.65 bits per heavy atom. The van der Waals surface area contributed by atoms with Gasteiger partial charge in [0, 0.05) is 18.7 Å². The number of hydrogen-bond acceptors (Lipinski definition) is 4. The highest BCUT2D eigenvalue weighted by molar-refractivity contribution is 5.95. The van der Waals surface area contributed by atoms with Crippen molar-refractivity contribution in [3.63, 3.8) is 0 Å². The minimum Gasteiger partial charge on any atom is -0.493 e. The predicted octanol–water partition coefficient (Wildman–Crippen LogP) is 2.56. The molecule has 1 heterocycles. The molecule has 0 aromatic heterocycles. The van der Waals surface area contributed by atoms with Gasteiger partial charge >= 0.3 is 0 Å². The summed E-state index contributed by atoms with van der Waals surface area (Å²) in [4.78, 5) is 14.6. The fourth-order valence-electron chi connectivity index (χ4n) is 3.03. The molecule has 1 aromatic rings. The number of nitrogens with one attached hydrogen (secondary N) is 1. The molecule has 1 aromatic carbocycles. The third-order valence-electron chi connectivity index (χ3n) is 4.41. The van der Waals surface area contributed by atoms with Crippen molar-refractivity contribution in [2.45, 2.75) is 26.2 Å². The molecule has 0 unspecified atom stereocenters. The zero-order valence-electron chi connectivity index (χ0n) is 14.4. The third-order valence-corrected chi connectivity index (χ3v) is 4.41. The summed E-state index contributed by atoms with van der Waals surface area (Å²) in [5, 5.41) is 3.20. The molecule has 0 atom stereocenters. The summed E-state index contributed by atoms with van der Waals surface area (Å²) in [5.41, 5.74) is 0.666. The van der Waals surface area contributed by atoms with Crippen molar-refractivity contribution in [1.82, 2.24) is 10.2 Å². The molecule has 1 aliphatic rings. The maximum atomic E-state index is 12.7. The number of ether oxygens (including phenoxy) is 2. The Morgan fingerprint density at radius 1 is 1.30 bits per heavy atom. The summed E-state index contributed by atoms with van der Waals surface area (Å²) in [5.74, 6) is 2.10. The molecule has 1 aliphatic heterocycles. The first-order chi connectivity index (χ1) is 11.2. The van der Waals surface area contributed by atoms with Crippen molar-refractivity contribution >= 4 is 5.91 Å². The highest BCUT2D eigenvalue weighted by atomic mass is 16.5. The van der Waals surface area contributed by atoms with Gasteiger partial charge in [-0.1, -0.05) is 0 Å². The Bertz CT molecular complexity index is 511. The van der Waals surface area contributed by atoms with Crippen LogP contribution in [0.1, 0.15) is 36.5 Å². The molecule has 5 nitrogen and oxygen atoms in total. The zero-order chi connectivity index (χ0) is 16.7. The lowest BCUT2D eigenvalue weighted by atomic mass is 9.93. The van der Waals surface area contributed by atoms with E-state index in [0.717, 1.165) is 38.4 Å². The molecule has 1 amide bonds. The van der Waals surface area contributed by atoms with Gasteiger partial charge in [0.25, 0.3) is 5.91 Å². The number of amides is 1. The van der Waals surface area contributed by atoms with E-state index in [2.05, 4.69) is 5.32 Å². The van der Waals surface area contributed by atoms with Gasteiger partial charge in [-0.3, -0.25) is 4.79 Å². The molecule has 0 saturated carbocycles. The first kappa shape index (κ1) is 17.6. The molecular weight excluding hydrogens is 292 g/mol. The van der Waals surface area contributed by atoms with Gasteiger partial charge < -0.3 is 19.7 Å². The lowest BCUT2D eigenvalue weighted by molar-refractivity contribution is 0.0686. The van der Waals surface area contributed by atoms with Crippen molar-refractivity contribution < 1.29 is 14.3 Å². The zero-order valence-corrected chi connectivity index (χ0v) is 14.4. The van der Waals surface area contributed by atoms with E-state index < -0.39 is 0 Å². The number of hydrogen-bond donors (Lipinski definition) is 1. The molecule has 2 rings (SSSR count). The Labute approximate surface area is 139 Å². The van der Waals surface area contributed by atoms with Gasteiger partial charge in [0.2, 0.25) is 0 Å². The number of nitrogens with zero attached hydrogens (tertiary/aromatic N) is 1. The standard InChI is InChI=1S/C18H28N2O3/c1-4-23-16-6-5-15(13-17(16)22-3)18(21)20-11-8-14(9-12-20)7-10-19-2/h5-6,13-14,19H,4,7-12H2,1-3H3. The third kappa shape index (κ3) is 4.61. The molecular formula is C18H28N2O3. The van der Waals surface area contributed by atoms with Gasteiger partial charge in [0.15, 0.2) is 11.5 Å². The second-order valence-electron chi connectivity index (χ2n) is 5.93. The minimum atomic E-state index is 0.0819. The van der Waals surface area contributed by atoms with Crippen LogP contribution in [0.4, 0.5) is 0 Å². The molecule has 5 heteroatoms. The highest BCUT2D eigenvalue weighted by Gasteiger charge is 2.24. The quantitative estimate of drug-likeness (QED) is 0.839. The van der Waals surface area contributed by atoms with Crippen LogP contribution in [0, 0.1) is 5.92 Å². The average molecular weight is 320 g/mol. The van der Waals surface area contributed by atoms with Crippen molar-refractivity contribution in [3.8, 4) is 11.5 Å². The number of methoxy groups -OCH3 is 1. The van der Waals surface area contributed by atoms with E-state index in [1.54, 1.807) is 13.2 Å². The smallest absolute Gasteiger partial charge is 0.253 e. The SMILES string of the molecule is CCOc1ccc(C(=O)N2CCC(CCNC)CC2)cc1OC. The largest absolute Gasteiger partial charge is 0.493 e. The normalized spacial score (nSPS) is 15.5. The van der Waals surface area contributed by atoms with E-state index in [-0.39, 0.29) is 5.91 Å². The van der Waals surface area contributed by atoms with E-state index >= 15 is 0 Å². The second-order valence-corrected chi connectivity index (χ2v) is 5.93. The fourth-order valence-corrected chi connectivity index (χ4v) is 3.03. The van der Waals surface area contributed by atoms with Crippen molar-refractivity contribution in [2.24, 2.45) is 5.92 Å². The number of carbonyl (C=O) groups excluding carboxylic acids is 1. The van der Waals surface area contributed by atoms with Gasteiger partial charge in [0.05, 0.1) is 13.7 Å². The number of benzene rings is 1. The van der Waals surface area contributed by atoms with Crippen LogP contribution in [-0.2, 0) is 0 Å². The van der Waals surface area contributed by atoms with Gasteiger partial charge in [-0.2, -0.15) is 0 Å². The van der Waals surface area contributed by atoms with E-state index in [1.807, 2.05) is 31.0 Å². The van der Waals surface area contributed by atoms with Crippen molar-refractivity contribution in [2.75, 3.05) is 40.4 Å². The summed E-state index contributed by atoms with van der Waals surface area (Å²) in [7, 11) is 3.58. The summed E-state index contributed by atoms with van der Waals surface area (Å²) in [6, 6.07) is 5.42. The van der Waals surface area contributed by atoms with Crippen LogP contribution in [0.5, 0.6) is 11.5 Å². The lowest BCUT2D eigenvalue weighted by Gasteiger charge is -2.32. The maximum Gasteiger partial charge on any atom is 0.253 e. The van der Waals surface area contributed by atoms with Crippen molar-refractivity contribution in [1.29, 1.82) is 0 Å². The summed E-state index contributed by atoms with van der Waals surface area (Å²) < 4.78 is 10.8. The van der Waals surface area contributed by atoms with E-state index in [0.29, 0.717) is 23.7 Å². The number of rotatable bonds is 7. The lowest BCUT2D eigenvalue weighted by Crippen LogP contribution is -2.39.